The minimum Gasteiger partial charge on any atom is -0.493 e. The summed E-state index contributed by atoms with van der Waals surface area (Å²) in [7, 11) is 3.92. The number of likely N-dealkylation sites (tertiary alicyclic amines) is 1. The standard InChI is InChI=1S/C20H25NO3/c1-19(2)10-12-13-9-11-5-6-14(23-4)16-15(11)20(12,7-8-21(13)3)18(24-16)17(19)22/h5-6,12-13,18H,7-10H2,1-4H3/t12-,13+,18-,20-/m0/s1. The van der Waals surface area contributed by atoms with Gasteiger partial charge < -0.3 is 14.4 Å². The Morgan fingerprint density at radius 2 is 2.12 bits per heavy atom. The van der Waals surface area contributed by atoms with Gasteiger partial charge in [0.2, 0.25) is 0 Å². The zero-order valence-corrected chi connectivity index (χ0v) is 14.9. The van der Waals surface area contributed by atoms with E-state index in [0.29, 0.717) is 12.0 Å². The van der Waals surface area contributed by atoms with Gasteiger partial charge in [-0.05, 0) is 50.4 Å². The van der Waals surface area contributed by atoms with Crippen molar-refractivity contribution in [2.75, 3.05) is 20.7 Å². The molecule has 4 atom stereocenters. The second kappa shape index (κ2) is 4.34. The highest BCUT2D eigenvalue weighted by atomic mass is 16.5. The van der Waals surface area contributed by atoms with Gasteiger partial charge in [-0.15, -0.1) is 0 Å². The SMILES string of the molecule is COc1ccc2c3c1O[C@H]1C(=O)C(C)(C)C[C@H]4[C@@H](C2)N(C)CC[C@]314. The molecule has 2 heterocycles. The summed E-state index contributed by atoms with van der Waals surface area (Å²) in [6.45, 7) is 5.22. The van der Waals surface area contributed by atoms with Crippen LogP contribution in [-0.2, 0) is 16.6 Å². The highest BCUT2D eigenvalue weighted by Gasteiger charge is 2.68. The Morgan fingerprint density at radius 1 is 1.33 bits per heavy atom. The van der Waals surface area contributed by atoms with Gasteiger partial charge in [0.05, 0.1) is 7.11 Å². The third-order valence-electron chi connectivity index (χ3n) is 7.23. The molecule has 2 aliphatic heterocycles. The van der Waals surface area contributed by atoms with Crippen molar-refractivity contribution in [3.05, 3.63) is 23.3 Å². The fraction of sp³-hybridized carbons (Fsp3) is 0.650. The zero-order valence-electron chi connectivity index (χ0n) is 14.9. The number of nitrogens with zero attached hydrogens (tertiary/aromatic N) is 1. The molecule has 0 amide bonds. The first kappa shape index (κ1) is 14.8. The lowest BCUT2D eigenvalue weighted by Crippen LogP contribution is -2.68. The molecular weight excluding hydrogens is 302 g/mol. The predicted molar refractivity (Wildman–Crippen MR) is 90.7 cm³/mol. The molecule has 24 heavy (non-hydrogen) atoms. The highest BCUT2D eigenvalue weighted by Crippen LogP contribution is 2.65. The van der Waals surface area contributed by atoms with Crippen molar-refractivity contribution >= 4 is 5.78 Å². The number of methoxy groups -OCH3 is 1. The van der Waals surface area contributed by atoms with Gasteiger partial charge >= 0.3 is 0 Å². The molecular formula is C20H25NO3. The van der Waals surface area contributed by atoms with Crippen LogP contribution in [0.4, 0.5) is 0 Å². The van der Waals surface area contributed by atoms with Crippen LogP contribution in [0.5, 0.6) is 11.5 Å². The Balaban J connectivity index is 1.81. The summed E-state index contributed by atoms with van der Waals surface area (Å²) in [5.41, 5.74) is 2.20. The second-order valence-corrected chi connectivity index (χ2v) is 8.73. The maximum Gasteiger partial charge on any atom is 0.179 e. The lowest BCUT2D eigenvalue weighted by atomic mass is 9.48. The van der Waals surface area contributed by atoms with Crippen LogP contribution < -0.4 is 9.47 Å². The molecule has 0 radical (unpaired) electrons. The number of Topliss-reactive ketones (excluding diaryl/α,β-unsaturated/α-hetero) is 1. The molecule has 2 bridgehead atoms. The van der Waals surface area contributed by atoms with Crippen molar-refractivity contribution in [3.63, 3.8) is 0 Å². The molecule has 1 aromatic rings. The number of carbonyl (C=O) groups is 1. The van der Waals surface area contributed by atoms with Crippen LogP contribution in [-0.4, -0.2) is 43.5 Å². The fourth-order valence-electron chi connectivity index (χ4n) is 6.05. The topological polar surface area (TPSA) is 38.8 Å². The lowest BCUT2D eigenvalue weighted by Gasteiger charge is -2.59. The number of carbonyl (C=O) groups excluding carboxylic acids is 1. The zero-order chi connectivity index (χ0) is 16.9. The van der Waals surface area contributed by atoms with E-state index in [1.54, 1.807) is 7.11 Å². The van der Waals surface area contributed by atoms with Crippen LogP contribution in [0.25, 0.3) is 0 Å². The number of ether oxygens (including phenoxy) is 2. The summed E-state index contributed by atoms with van der Waals surface area (Å²) in [5, 5.41) is 0. The van der Waals surface area contributed by atoms with Crippen LogP contribution in [0, 0.1) is 11.3 Å². The third-order valence-corrected chi connectivity index (χ3v) is 7.23. The van der Waals surface area contributed by atoms with E-state index in [1.165, 1.54) is 11.1 Å². The summed E-state index contributed by atoms with van der Waals surface area (Å²) in [6.07, 6.45) is 2.67. The van der Waals surface area contributed by atoms with E-state index < -0.39 is 0 Å². The second-order valence-electron chi connectivity index (χ2n) is 8.73. The van der Waals surface area contributed by atoms with Crippen LogP contribution in [0.3, 0.4) is 0 Å². The van der Waals surface area contributed by atoms with Crippen molar-refractivity contribution in [2.45, 2.75) is 50.7 Å². The van der Waals surface area contributed by atoms with Crippen molar-refractivity contribution in [3.8, 4) is 11.5 Å². The summed E-state index contributed by atoms with van der Waals surface area (Å²) >= 11 is 0. The third kappa shape index (κ3) is 1.47. The molecule has 1 spiro atoms. The molecule has 2 aliphatic carbocycles. The van der Waals surface area contributed by atoms with Crippen molar-refractivity contribution < 1.29 is 14.3 Å². The van der Waals surface area contributed by atoms with E-state index in [-0.39, 0.29) is 22.7 Å². The summed E-state index contributed by atoms with van der Waals surface area (Å²) < 4.78 is 12.0. The average molecular weight is 327 g/mol. The molecule has 0 unspecified atom stereocenters. The minimum absolute atomic E-state index is 0.138. The van der Waals surface area contributed by atoms with Gasteiger partial charge in [0, 0.05) is 22.4 Å². The number of rotatable bonds is 1. The molecule has 4 aliphatic rings. The van der Waals surface area contributed by atoms with E-state index >= 15 is 0 Å². The van der Waals surface area contributed by atoms with Gasteiger partial charge in [-0.3, -0.25) is 4.79 Å². The minimum atomic E-state index is -0.340. The van der Waals surface area contributed by atoms with Gasteiger partial charge in [0.15, 0.2) is 23.4 Å². The van der Waals surface area contributed by atoms with Crippen molar-refractivity contribution in [1.29, 1.82) is 0 Å². The first-order chi connectivity index (χ1) is 11.4. The van der Waals surface area contributed by atoms with Gasteiger partial charge in [-0.25, -0.2) is 0 Å². The van der Waals surface area contributed by atoms with Crippen molar-refractivity contribution in [1.82, 2.24) is 4.90 Å². The van der Waals surface area contributed by atoms with Crippen LogP contribution >= 0.6 is 0 Å². The highest BCUT2D eigenvalue weighted by molar-refractivity contribution is 5.93. The van der Waals surface area contributed by atoms with E-state index in [4.69, 9.17) is 9.47 Å². The van der Waals surface area contributed by atoms with Crippen LogP contribution in [0.2, 0.25) is 0 Å². The average Bonchev–Trinajstić information content (AvgIpc) is 2.89. The monoisotopic (exact) mass is 327 g/mol. The van der Waals surface area contributed by atoms with Crippen LogP contribution in [0.1, 0.15) is 37.8 Å². The summed E-state index contributed by atoms with van der Waals surface area (Å²) in [6, 6.07) is 4.70. The fourth-order valence-corrected chi connectivity index (χ4v) is 6.05. The van der Waals surface area contributed by atoms with Gasteiger partial charge in [0.1, 0.15) is 0 Å². The number of benzene rings is 1. The maximum atomic E-state index is 13.3. The van der Waals surface area contributed by atoms with E-state index in [2.05, 4.69) is 31.9 Å². The Morgan fingerprint density at radius 3 is 2.88 bits per heavy atom. The summed E-state index contributed by atoms with van der Waals surface area (Å²) in [5.74, 6) is 2.38. The molecule has 1 saturated carbocycles. The van der Waals surface area contributed by atoms with Gasteiger partial charge in [0.25, 0.3) is 0 Å². The first-order valence-corrected chi connectivity index (χ1v) is 9.02. The number of likely N-dealkylation sites (N-methyl/N-ethyl adjacent to an activating group) is 1. The molecule has 1 saturated heterocycles. The number of hydrogen-bond donors (Lipinski definition) is 0. The van der Waals surface area contributed by atoms with E-state index in [0.717, 1.165) is 37.3 Å². The Kier molecular flexibility index (Phi) is 2.67. The molecule has 128 valence electrons. The molecule has 1 aromatic carbocycles. The Bertz CT molecular complexity index is 755. The van der Waals surface area contributed by atoms with Crippen LogP contribution in [0.15, 0.2) is 12.1 Å². The van der Waals surface area contributed by atoms with Gasteiger partial charge in [-0.2, -0.15) is 0 Å². The smallest absolute Gasteiger partial charge is 0.179 e. The molecule has 0 N–H and O–H groups in total. The van der Waals surface area contributed by atoms with E-state index in [9.17, 15) is 4.79 Å². The maximum absolute atomic E-state index is 13.3. The quantitative estimate of drug-likeness (QED) is 0.795. The number of ketones is 1. The predicted octanol–water partition coefficient (Wildman–Crippen LogP) is 2.57. The number of hydrogen-bond acceptors (Lipinski definition) is 4. The Labute approximate surface area is 143 Å². The molecule has 5 rings (SSSR count). The molecule has 4 heteroatoms. The normalized spacial score (nSPS) is 38.5. The van der Waals surface area contributed by atoms with E-state index in [1.807, 2.05) is 6.07 Å². The summed E-state index contributed by atoms with van der Waals surface area (Å²) in [4.78, 5) is 15.8. The molecule has 0 aromatic heterocycles. The molecule has 4 nitrogen and oxygen atoms in total. The lowest BCUT2D eigenvalue weighted by molar-refractivity contribution is -0.152. The van der Waals surface area contributed by atoms with Crippen molar-refractivity contribution in [2.24, 2.45) is 11.3 Å². The number of piperidine rings is 1. The Hall–Kier alpha value is -1.55. The van der Waals surface area contributed by atoms with Gasteiger partial charge in [-0.1, -0.05) is 19.9 Å². The molecule has 2 fully saturated rings. The first-order valence-electron chi connectivity index (χ1n) is 9.02. The largest absolute Gasteiger partial charge is 0.493 e.